The zero-order chi connectivity index (χ0) is 22.9. The summed E-state index contributed by atoms with van der Waals surface area (Å²) in [6.07, 6.45) is -2.71. The molecule has 1 aromatic carbocycles. The van der Waals surface area contributed by atoms with Gasteiger partial charge in [0.15, 0.2) is 5.54 Å². The minimum atomic E-state index is -3.11. The second-order valence-electron chi connectivity index (χ2n) is 7.00. The number of anilines is 1. The number of carbonyl (C=O) groups excluding carboxylic acids is 1. The second-order valence-corrected chi connectivity index (χ2v) is 7.41. The van der Waals surface area contributed by atoms with Gasteiger partial charge in [-0.05, 0) is 31.2 Å². The molecule has 31 heavy (non-hydrogen) atoms. The van der Waals surface area contributed by atoms with Gasteiger partial charge in [0.1, 0.15) is 23.7 Å². The van der Waals surface area contributed by atoms with Gasteiger partial charge in [-0.3, -0.25) is 4.79 Å². The molecule has 1 unspecified atom stereocenters. The summed E-state index contributed by atoms with van der Waals surface area (Å²) in [5, 5.41) is 11.2. The molecule has 3 atom stereocenters. The number of benzene rings is 1. The lowest BCUT2D eigenvalue weighted by Gasteiger charge is -2.41. The van der Waals surface area contributed by atoms with Crippen LogP contribution in [0.2, 0.25) is 5.02 Å². The Bertz CT molecular complexity index is 1100. The van der Waals surface area contributed by atoms with Crippen LogP contribution in [0.25, 0.3) is 0 Å². The summed E-state index contributed by atoms with van der Waals surface area (Å²) in [7, 11) is 0. The van der Waals surface area contributed by atoms with Crippen molar-refractivity contribution < 1.29 is 22.7 Å². The molecule has 0 fully saturated rings. The van der Waals surface area contributed by atoms with E-state index in [9.17, 15) is 18.0 Å². The quantitative estimate of drug-likeness (QED) is 0.733. The van der Waals surface area contributed by atoms with E-state index < -0.39 is 47.3 Å². The molecule has 0 aliphatic carbocycles. The third-order valence-electron chi connectivity index (χ3n) is 5.17. The minimum absolute atomic E-state index is 0.0174. The predicted octanol–water partition coefficient (Wildman–Crippen LogP) is 3.83. The van der Waals surface area contributed by atoms with E-state index in [1.165, 1.54) is 26.0 Å². The van der Waals surface area contributed by atoms with E-state index in [-0.39, 0.29) is 22.0 Å². The Kier molecular flexibility index (Phi) is 6.08. The van der Waals surface area contributed by atoms with Crippen LogP contribution in [0.4, 0.5) is 18.9 Å². The van der Waals surface area contributed by atoms with Crippen LogP contribution in [0.15, 0.2) is 35.5 Å². The summed E-state index contributed by atoms with van der Waals surface area (Å²) in [5.74, 6) is -2.64. The monoisotopic (exact) mass is 451 g/mol. The summed E-state index contributed by atoms with van der Waals surface area (Å²) in [5.41, 5.74) is 2.81. The standard InChI is InChI=1S/C20H17ClF3N5O2/c1-9-10(2)31-19(26)29-20(9,18(23)24)13-6-12(3-4-15(13)22)28-17(30)16-14(21)5-11(7-25)8-27-16/h3-6,8-10,18H,1-2H3,(H2,26,29)(H,28,30)/t9-,10?,20-/m1/s1. The van der Waals surface area contributed by atoms with E-state index >= 15 is 0 Å². The number of hydrogen-bond acceptors (Lipinski definition) is 6. The first-order chi connectivity index (χ1) is 14.6. The lowest BCUT2D eigenvalue weighted by atomic mass is 9.76. The molecule has 0 radical (unpaired) electrons. The van der Waals surface area contributed by atoms with Crippen molar-refractivity contribution in [1.29, 1.82) is 5.26 Å². The summed E-state index contributed by atoms with van der Waals surface area (Å²) in [6.45, 7) is 2.99. The van der Waals surface area contributed by atoms with E-state index in [0.29, 0.717) is 0 Å². The van der Waals surface area contributed by atoms with Gasteiger partial charge in [-0.15, -0.1) is 0 Å². The normalized spacial score (nSPS) is 23.0. The van der Waals surface area contributed by atoms with E-state index in [1.54, 1.807) is 0 Å². The fourth-order valence-corrected chi connectivity index (χ4v) is 3.65. The van der Waals surface area contributed by atoms with E-state index in [1.807, 2.05) is 6.07 Å². The summed E-state index contributed by atoms with van der Waals surface area (Å²) < 4.78 is 48.5. The van der Waals surface area contributed by atoms with Crippen LogP contribution >= 0.6 is 11.6 Å². The molecule has 0 saturated carbocycles. The summed E-state index contributed by atoms with van der Waals surface area (Å²) in [6, 6.07) is 5.83. The number of rotatable bonds is 4. The van der Waals surface area contributed by atoms with E-state index in [0.717, 1.165) is 18.3 Å². The molecular weight excluding hydrogens is 435 g/mol. The van der Waals surface area contributed by atoms with Crippen molar-refractivity contribution in [2.24, 2.45) is 16.6 Å². The third kappa shape index (κ3) is 4.01. The number of nitrogens with two attached hydrogens (primary N) is 1. The molecule has 0 bridgehead atoms. The molecule has 1 aliphatic heterocycles. The number of hydrogen-bond donors (Lipinski definition) is 2. The van der Waals surface area contributed by atoms with Gasteiger partial charge in [0, 0.05) is 23.4 Å². The molecule has 1 amide bonds. The van der Waals surface area contributed by atoms with Crippen LogP contribution in [0.1, 0.15) is 35.5 Å². The fourth-order valence-electron chi connectivity index (χ4n) is 3.40. The maximum Gasteiger partial charge on any atom is 0.283 e. The molecule has 2 aromatic rings. The maximum atomic E-state index is 14.7. The molecule has 7 nitrogen and oxygen atoms in total. The van der Waals surface area contributed by atoms with Gasteiger partial charge in [-0.25, -0.2) is 23.1 Å². The molecular formula is C20H17ClF3N5O2. The first-order valence-electron chi connectivity index (χ1n) is 9.07. The van der Waals surface area contributed by atoms with Crippen molar-refractivity contribution in [3.63, 3.8) is 0 Å². The van der Waals surface area contributed by atoms with Gasteiger partial charge in [0.25, 0.3) is 18.4 Å². The lowest BCUT2D eigenvalue weighted by molar-refractivity contribution is -0.0363. The number of halogens is 4. The number of aliphatic imine (C=N–C) groups is 1. The summed E-state index contributed by atoms with van der Waals surface area (Å²) >= 11 is 5.98. The Hall–Kier alpha value is -3.32. The number of carbonyl (C=O) groups is 1. The Morgan fingerprint density at radius 3 is 2.71 bits per heavy atom. The number of pyridine rings is 1. The predicted molar refractivity (Wildman–Crippen MR) is 107 cm³/mol. The highest BCUT2D eigenvalue weighted by atomic mass is 35.5. The topological polar surface area (TPSA) is 113 Å². The SMILES string of the molecule is CC1OC(N)=N[C@](c2cc(NC(=O)c3ncc(C#N)cc3Cl)ccc2F)(C(F)F)[C@@H]1C. The molecule has 1 aromatic heterocycles. The van der Waals surface area contributed by atoms with Crippen molar-refractivity contribution in [3.8, 4) is 6.07 Å². The molecule has 11 heteroatoms. The highest BCUT2D eigenvalue weighted by Crippen LogP contribution is 2.46. The smallest absolute Gasteiger partial charge is 0.283 e. The second kappa shape index (κ2) is 8.43. The van der Waals surface area contributed by atoms with E-state index in [2.05, 4.69) is 15.3 Å². The average molecular weight is 452 g/mol. The van der Waals surface area contributed by atoms with Crippen molar-refractivity contribution in [2.75, 3.05) is 5.32 Å². The Labute approximate surface area is 180 Å². The molecule has 1 aliphatic rings. The Morgan fingerprint density at radius 1 is 1.39 bits per heavy atom. The van der Waals surface area contributed by atoms with Gasteiger partial charge in [0.05, 0.1) is 10.6 Å². The Morgan fingerprint density at radius 2 is 2.10 bits per heavy atom. The van der Waals surface area contributed by atoms with Crippen LogP contribution in [-0.2, 0) is 10.3 Å². The third-order valence-corrected chi connectivity index (χ3v) is 5.46. The zero-order valence-corrected chi connectivity index (χ0v) is 17.1. The fraction of sp³-hybridized carbons (Fsp3) is 0.300. The van der Waals surface area contributed by atoms with Crippen molar-refractivity contribution in [2.45, 2.75) is 31.9 Å². The van der Waals surface area contributed by atoms with E-state index in [4.69, 9.17) is 27.3 Å². The molecule has 3 rings (SSSR count). The highest BCUT2D eigenvalue weighted by molar-refractivity contribution is 6.34. The zero-order valence-electron chi connectivity index (χ0n) is 16.4. The van der Waals surface area contributed by atoms with Crippen LogP contribution < -0.4 is 11.1 Å². The van der Waals surface area contributed by atoms with Crippen LogP contribution in [0.3, 0.4) is 0 Å². The maximum absolute atomic E-state index is 14.7. The highest BCUT2D eigenvalue weighted by Gasteiger charge is 2.53. The van der Waals surface area contributed by atoms with Crippen LogP contribution in [-0.4, -0.2) is 29.4 Å². The van der Waals surface area contributed by atoms with Gasteiger partial charge in [0.2, 0.25) is 0 Å². The number of nitriles is 1. The van der Waals surface area contributed by atoms with Gasteiger partial charge < -0.3 is 15.8 Å². The van der Waals surface area contributed by atoms with Crippen molar-refractivity contribution >= 4 is 29.2 Å². The van der Waals surface area contributed by atoms with Crippen molar-refractivity contribution in [3.05, 3.63) is 58.1 Å². The first-order valence-corrected chi connectivity index (χ1v) is 9.45. The number of nitrogens with one attached hydrogen (secondary N) is 1. The van der Waals surface area contributed by atoms with Crippen molar-refractivity contribution in [1.82, 2.24) is 4.98 Å². The molecule has 162 valence electrons. The number of aromatic nitrogens is 1. The minimum Gasteiger partial charge on any atom is -0.462 e. The number of amidine groups is 1. The largest absolute Gasteiger partial charge is 0.462 e. The van der Waals surface area contributed by atoms with Crippen LogP contribution in [0.5, 0.6) is 0 Å². The molecule has 0 spiro atoms. The first kappa shape index (κ1) is 22.4. The van der Waals surface area contributed by atoms with Gasteiger partial charge >= 0.3 is 0 Å². The Balaban J connectivity index is 2.03. The number of ether oxygens (including phenoxy) is 1. The lowest BCUT2D eigenvalue weighted by Crippen LogP contribution is -2.51. The average Bonchev–Trinajstić information content (AvgIpc) is 2.71. The van der Waals surface area contributed by atoms with Crippen LogP contribution in [0, 0.1) is 23.1 Å². The van der Waals surface area contributed by atoms with Gasteiger partial charge in [-0.2, -0.15) is 5.26 Å². The molecule has 3 N–H and O–H groups in total. The van der Waals surface area contributed by atoms with Gasteiger partial charge in [-0.1, -0.05) is 18.5 Å². The molecule has 2 heterocycles. The number of amides is 1. The molecule has 0 saturated heterocycles. The number of alkyl halides is 2. The number of nitrogens with zero attached hydrogens (tertiary/aromatic N) is 3. The summed E-state index contributed by atoms with van der Waals surface area (Å²) in [4.78, 5) is 20.2.